The Bertz CT molecular complexity index is 872. The molecule has 1 amide bonds. The number of carbonyl (C=O) groups excluding carboxylic acids is 1. The second-order valence-corrected chi connectivity index (χ2v) is 6.77. The van der Waals surface area contributed by atoms with Crippen molar-refractivity contribution >= 4 is 34.4 Å². The van der Waals surface area contributed by atoms with Crippen LogP contribution >= 0.6 is 11.8 Å². The molecule has 0 atom stereocenters. The number of thioether (sulfide) groups is 1. The van der Waals surface area contributed by atoms with Crippen molar-refractivity contribution < 1.29 is 4.79 Å². The molecule has 0 unspecified atom stereocenters. The van der Waals surface area contributed by atoms with E-state index in [1.165, 1.54) is 28.9 Å². The van der Waals surface area contributed by atoms with Crippen LogP contribution < -0.4 is 5.32 Å². The highest BCUT2D eigenvalue weighted by molar-refractivity contribution is 8.00. The third-order valence-electron chi connectivity index (χ3n) is 4.16. The molecule has 0 saturated carbocycles. The van der Waals surface area contributed by atoms with Crippen LogP contribution in [-0.4, -0.2) is 21.6 Å². The van der Waals surface area contributed by atoms with E-state index in [2.05, 4.69) is 33.5 Å². The number of rotatable bonds is 4. The first-order chi connectivity index (χ1) is 11.3. The SMILES string of the molecule is O=C(CSc1ccc2c(c1)CCC2)Nc1cccc2[nH]cnc12. The quantitative estimate of drug-likeness (QED) is 0.718. The van der Waals surface area contributed by atoms with E-state index < -0.39 is 0 Å². The van der Waals surface area contributed by atoms with Crippen molar-refractivity contribution in [3.05, 3.63) is 53.9 Å². The summed E-state index contributed by atoms with van der Waals surface area (Å²) in [4.78, 5) is 20.7. The van der Waals surface area contributed by atoms with Crippen molar-refractivity contribution in [2.24, 2.45) is 0 Å². The molecule has 0 bridgehead atoms. The average Bonchev–Trinajstić information content (AvgIpc) is 3.21. The van der Waals surface area contributed by atoms with Gasteiger partial charge in [-0.05, 0) is 54.7 Å². The summed E-state index contributed by atoms with van der Waals surface area (Å²) in [6.07, 6.45) is 5.24. The lowest BCUT2D eigenvalue weighted by Gasteiger charge is -2.07. The maximum Gasteiger partial charge on any atom is 0.234 e. The highest BCUT2D eigenvalue weighted by Gasteiger charge is 2.12. The first-order valence-corrected chi connectivity index (χ1v) is 8.75. The Hall–Kier alpha value is -2.27. The molecule has 0 fully saturated rings. The predicted octanol–water partition coefficient (Wildman–Crippen LogP) is 3.78. The molecule has 2 aromatic carbocycles. The lowest BCUT2D eigenvalue weighted by atomic mass is 10.1. The fourth-order valence-electron chi connectivity index (χ4n) is 3.04. The van der Waals surface area contributed by atoms with E-state index in [0.717, 1.165) is 23.1 Å². The van der Waals surface area contributed by atoms with Gasteiger partial charge in [0, 0.05) is 4.90 Å². The fraction of sp³-hybridized carbons (Fsp3) is 0.222. The van der Waals surface area contributed by atoms with Crippen molar-refractivity contribution in [3.63, 3.8) is 0 Å². The third kappa shape index (κ3) is 2.97. The third-order valence-corrected chi connectivity index (χ3v) is 5.16. The van der Waals surface area contributed by atoms with Gasteiger partial charge in [0.2, 0.25) is 5.91 Å². The van der Waals surface area contributed by atoms with Crippen LogP contribution in [0.5, 0.6) is 0 Å². The predicted molar refractivity (Wildman–Crippen MR) is 93.9 cm³/mol. The number of amides is 1. The van der Waals surface area contributed by atoms with Gasteiger partial charge in [0.25, 0.3) is 0 Å². The summed E-state index contributed by atoms with van der Waals surface area (Å²) in [7, 11) is 0. The van der Waals surface area contributed by atoms with Crippen LogP contribution in [0.1, 0.15) is 17.5 Å². The van der Waals surface area contributed by atoms with E-state index in [0.29, 0.717) is 5.75 Å². The zero-order valence-corrected chi connectivity index (χ0v) is 13.5. The second kappa shape index (κ2) is 6.08. The van der Waals surface area contributed by atoms with Gasteiger partial charge in [0.1, 0.15) is 5.52 Å². The summed E-state index contributed by atoms with van der Waals surface area (Å²) >= 11 is 1.58. The van der Waals surface area contributed by atoms with Gasteiger partial charge in [-0.25, -0.2) is 4.98 Å². The number of aryl methyl sites for hydroxylation is 2. The Morgan fingerprint density at radius 3 is 3.09 bits per heavy atom. The van der Waals surface area contributed by atoms with Crippen molar-refractivity contribution in [3.8, 4) is 0 Å². The van der Waals surface area contributed by atoms with Gasteiger partial charge in [0.05, 0.1) is 23.3 Å². The van der Waals surface area contributed by atoms with E-state index in [-0.39, 0.29) is 5.91 Å². The van der Waals surface area contributed by atoms with Crippen LogP contribution in [-0.2, 0) is 17.6 Å². The molecule has 0 spiro atoms. The largest absolute Gasteiger partial charge is 0.345 e. The molecule has 4 nitrogen and oxygen atoms in total. The van der Waals surface area contributed by atoms with Crippen LogP contribution in [0, 0.1) is 0 Å². The summed E-state index contributed by atoms with van der Waals surface area (Å²) in [6.45, 7) is 0. The first-order valence-electron chi connectivity index (χ1n) is 7.76. The number of H-pyrrole nitrogens is 1. The highest BCUT2D eigenvalue weighted by Crippen LogP contribution is 2.28. The summed E-state index contributed by atoms with van der Waals surface area (Å²) < 4.78 is 0. The van der Waals surface area contributed by atoms with E-state index in [9.17, 15) is 4.79 Å². The number of nitrogens with zero attached hydrogens (tertiary/aromatic N) is 1. The number of aromatic amines is 1. The molecule has 0 aliphatic heterocycles. The minimum Gasteiger partial charge on any atom is -0.345 e. The Morgan fingerprint density at radius 2 is 2.13 bits per heavy atom. The number of fused-ring (bicyclic) bond motifs is 2. The maximum absolute atomic E-state index is 12.2. The molecule has 2 N–H and O–H groups in total. The van der Waals surface area contributed by atoms with Gasteiger partial charge >= 0.3 is 0 Å². The van der Waals surface area contributed by atoms with Gasteiger partial charge in [0.15, 0.2) is 0 Å². The van der Waals surface area contributed by atoms with Gasteiger partial charge < -0.3 is 10.3 Å². The standard InChI is InChI=1S/C18H17N3OS/c22-17(21-16-6-2-5-15-18(16)20-11-19-15)10-23-14-8-7-12-3-1-4-13(12)9-14/h2,5-9,11H,1,3-4,10H2,(H,19,20)(H,21,22). The van der Waals surface area contributed by atoms with Crippen molar-refractivity contribution in [1.29, 1.82) is 0 Å². The highest BCUT2D eigenvalue weighted by atomic mass is 32.2. The van der Waals surface area contributed by atoms with Crippen LogP contribution in [0.25, 0.3) is 11.0 Å². The number of anilines is 1. The van der Waals surface area contributed by atoms with Crippen LogP contribution in [0.4, 0.5) is 5.69 Å². The molecule has 1 heterocycles. The number of hydrogen-bond acceptors (Lipinski definition) is 3. The fourth-order valence-corrected chi connectivity index (χ4v) is 3.80. The smallest absolute Gasteiger partial charge is 0.234 e. The molecule has 116 valence electrons. The summed E-state index contributed by atoms with van der Waals surface area (Å²) in [6, 6.07) is 12.3. The topological polar surface area (TPSA) is 57.8 Å². The second-order valence-electron chi connectivity index (χ2n) is 5.73. The zero-order chi connectivity index (χ0) is 15.6. The average molecular weight is 323 g/mol. The Labute approximate surface area is 138 Å². The van der Waals surface area contributed by atoms with Gasteiger partial charge in [-0.2, -0.15) is 0 Å². The molecular formula is C18H17N3OS. The Morgan fingerprint density at radius 1 is 1.22 bits per heavy atom. The molecule has 23 heavy (non-hydrogen) atoms. The number of imidazole rings is 1. The number of aromatic nitrogens is 2. The molecule has 1 aliphatic rings. The van der Waals surface area contributed by atoms with E-state index in [1.54, 1.807) is 18.1 Å². The zero-order valence-electron chi connectivity index (χ0n) is 12.6. The van der Waals surface area contributed by atoms with Gasteiger partial charge in [-0.1, -0.05) is 12.1 Å². The van der Waals surface area contributed by atoms with Crippen LogP contribution in [0.3, 0.4) is 0 Å². The van der Waals surface area contributed by atoms with E-state index in [4.69, 9.17) is 0 Å². The molecular weight excluding hydrogens is 306 g/mol. The maximum atomic E-state index is 12.2. The Balaban J connectivity index is 1.41. The van der Waals surface area contributed by atoms with E-state index >= 15 is 0 Å². The number of hydrogen-bond donors (Lipinski definition) is 2. The molecule has 0 radical (unpaired) electrons. The van der Waals surface area contributed by atoms with Crippen LogP contribution in [0.15, 0.2) is 47.6 Å². The molecule has 4 rings (SSSR count). The minimum atomic E-state index is -0.00833. The number of carbonyl (C=O) groups is 1. The molecule has 3 aromatic rings. The van der Waals surface area contributed by atoms with Crippen molar-refractivity contribution in [2.45, 2.75) is 24.2 Å². The summed E-state index contributed by atoms with van der Waals surface area (Å²) in [5, 5.41) is 2.95. The normalized spacial score (nSPS) is 13.2. The molecule has 0 saturated heterocycles. The van der Waals surface area contributed by atoms with E-state index in [1.807, 2.05) is 18.2 Å². The van der Waals surface area contributed by atoms with Gasteiger partial charge in [-0.15, -0.1) is 11.8 Å². The number of para-hydroxylation sites is 1. The van der Waals surface area contributed by atoms with Crippen LogP contribution in [0.2, 0.25) is 0 Å². The molecule has 1 aliphatic carbocycles. The molecule has 1 aromatic heterocycles. The number of nitrogens with one attached hydrogen (secondary N) is 2. The Kier molecular flexibility index (Phi) is 3.79. The lowest BCUT2D eigenvalue weighted by Crippen LogP contribution is -2.14. The van der Waals surface area contributed by atoms with Crippen molar-refractivity contribution in [1.82, 2.24) is 9.97 Å². The summed E-state index contributed by atoms with van der Waals surface area (Å²) in [5.41, 5.74) is 5.38. The number of benzene rings is 2. The first kappa shape index (κ1) is 14.3. The van der Waals surface area contributed by atoms with Crippen molar-refractivity contribution in [2.75, 3.05) is 11.1 Å². The lowest BCUT2D eigenvalue weighted by molar-refractivity contribution is -0.113. The molecule has 5 heteroatoms. The van der Waals surface area contributed by atoms with Gasteiger partial charge in [-0.3, -0.25) is 4.79 Å². The minimum absolute atomic E-state index is 0.00833. The monoisotopic (exact) mass is 323 g/mol. The summed E-state index contributed by atoms with van der Waals surface area (Å²) in [5.74, 6) is 0.394.